The van der Waals surface area contributed by atoms with Gasteiger partial charge in [-0.25, -0.2) is 4.79 Å². The highest BCUT2D eigenvalue weighted by Crippen LogP contribution is 2.09. The first-order valence-corrected chi connectivity index (χ1v) is 7.10. The number of carbonyl (C=O) groups excluding carboxylic acids is 2. The van der Waals surface area contributed by atoms with E-state index in [1.54, 1.807) is 12.1 Å². The summed E-state index contributed by atoms with van der Waals surface area (Å²) in [6, 6.07) is 16.4. The van der Waals surface area contributed by atoms with Crippen molar-refractivity contribution in [2.75, 3.05) is 17.2 Å². The summed E-state index contributed by atoms with van der Waals surface area (Å²) in [7, 11) is 0. The van der Waals surface area contributed by atoms with Crippen LogP contribution in [0, 0.1) is 6.92 Å². The summed E-state index contributed by atoms with van der Waals surface area (Å²) in [6.45, 7) is 2.24. The smallest absolute Gasteiger partial charge is 0.319 e. The Morgan fingerprint density at radius 3 is 2.36 bits per heavy atom. The van der Waals surface area contributed by atoms with E-state index in [9.17, 15) is 9.59 Å². The summed E-state index contributed by atoms with van der Waals surface area (Å²) in [5.74, 6) is -0.134. The lowest BCUT2D eigenvalue weighted by Gasteiger charge is -2.08. The molecule has 0 saturated carbocycles. The normalized spacial score (nSPS) is 9.86. The van der Waals surface area contributed by atoms with Crippen molar-refractivity contribution >= 4 is 23.3 Å². The Morgan fingerprint density at radius 2 is 1.64 bits per heavy atom. The maximum Gasteiger partial charge on any atom is 0.319 e. The molecule has 0 radical (unpaired) electrons. The van der Waals surface area contributed by atoms with Gasteiger partial charge in [0.25, 0.3) is 0 Å². The molecule has 3 N–H and O–H groups in total. The predicted molar refractivity (Wildman–Crippen MR) is 87.9 cm³/mol. The number of carbonyl (C=O) groups is 2. The predicted octanol–water partition coefficient (Wildman–Crippen LogP) is 3.15. The fraction of sp³-hybridized carbons (Fsp3) is 0.176. The van der Waals surface area contributed by atoms with Crippen molar-refractivity contribution in [2.24, 2.45) is 0 Å². The van der Waals surface area contributed by atoms with Crippen molar-refractivity contribution in [3.05, 3.63) is 60.2 Å². The zero-order chi connectivity index (χ0) is 15.8. The van der Waals surface area contributed by atoms with Gasteiger partial charge in [-0.2, -0.15) is 0 Å². The molecule has 114 valence electrons. The van der Waals surface area contributed by atoms with E-state index < -0.39 is 0 Å². The van der Waals surface area contributed by atoms with Crippen LogP contribution < -0.4 is 16.0 Å². The number of nitrogens with one attached hydrogen (secondary N) is 3. The zero-order valence-electron chi connectivity index (χ0n) is 12.4. The molecule has 5 nitrogen and oxygen atoms in total. The molecule has 2 rings (SSSR count). The number of urea groups is 1. The molecule has 0 saturated heterocycles. The van der Waals surface area contributed by atoms with Gasteiger partial charge in [-0.1, -0.05) is 30.3 Å². The average Bonchev–Trinajstić information content (AvgIpc) is 2.48. The molecule has 0 aliphatic rings. The van der Waals surface area contributed by atoms with Gasteiger partial charge in [-0.15, -0.1) is 0 Å². The molecule has 0 fully saturated rings. The van der Waals surface area contributed by atoms with Crippen LogP contribution in [0.4, 0.5) is 16.2 Å². The van der Waals surface area contributed by atoms with Gasteiger partial charge in [0.2, 0.25) is 5.91 Å². The summed E-state index contributed by atoms with van der Waals surface area (Å²) in [4.78, 5) is 23.4. The third-order valence-corrected chi connectivity index (χ3v) is 2.97. The highest BCUT2D eigenvalue weighted by molar-refractivity contribution is 5.92. The van der Waals surface area contributed by atoms with E-state index in [0.717, 1.165) is 11.3 Å². The van der Waals surface area contributed by atoms with Gasteiger partial charge in [-0.05, 0) is 36.8 Å². The van der Waals surface area contributed by atoms with Gasteiger partial charge in [0.15, 0.2) is 0 Å². The molecule has 0 aliphatic carbocycles. The quantitative estimate of drug-likeness (QED) is 0.793. The lowest BCUT2D eigenvalue weighted by atomic mass is 10.2. The van der Waals surface area contributed by atoms with Gasteiger partial charge in [0.05, 0.1) is 0 Å². The minimum absolute atomic E-state index is 0.134. The molecular weight excluding hydrogens is 278 g/mol. The van der Waals surface area contributed by atoms with Crippen molar-refractivity contribution < 1.29 is 9.59 Å². The Kier molecular flexibility index (Phi) is 5.54. The van der Waals surface area contributed by atoms with Crippen molar-refractivity contribution in [3.63, 3.8) is 0 Å². The maximum absolute atomic E-state index is 11.8. The largest absolute Gasteiger partial charge is 0.337 e. The monoisotopic (exact) mass is 297 g/mol. The average molecular weight is 297 g/mol. The number of rotatable bonds is 5. The first-order chi connectivity index (χ1) is 10.6. The van der Waals surface area contributed by atoms with Crippen molar-refractivity contribution in [2.45, 2.75) is 13.3 Å². The van der Waals surface area contributed by atoms with E-state index in [2.05, 4.69) is 16.0 Å². The van der Waals surface area contributed by atoms with Crippen LogP contribution in [0.3, 0.4) is 0 Å². The number of anilines is 2. The van der Waals surface area contributed by atoms with E-state index in [-0.39, 0.29) is 24.9 Å². The second-order valence-electron chi connectivity index (χ2n) is 4.91. The second-order valence-corrected chi connectivity index (χ2v) is 4.91. The molecular formula is C17H19N3O2. The lowest BCUT2D eigenvalue weighted by molar-refractivity contribution is -0.116. The number of hydrogen-bond acceptors (Lipinski definition) is 2. The maximum atomic E-state index is 11.8. The number of amides is 3. The summed E-state index contributed by atoms with van der Waals surface area (Å²) in [5.41, 5.74) is 2.56. The Balaban J connectivity index is 1.69. The Labute approximate surface area is 129 Å². The molecule has 0 aromatic heterocycles. The van der Waals surface area contributed by atoms with Crippen LogP contribution in [0.1, 0.15) is 12.0 Å². The van der Waals surface area contributed by atoms with Gasteiger partial charge in [-0.3, -0.25) is 4.79 Å². The minimum Gasteiger partial charge on any atom is -0.337 e. The molecule has 0 aliphatic heterocycles. The Bertz CT molecular complexity index is 641. The first-order valence-electron chi connectivity index (χ1n) is 7.10. The highest BCUT2D eigenvalue weighted by Gasteiger charge is 2.05. The number of hydrogen-bond donors (Lipinski definition) is 3. The summed E-state index contributed by atoms with van der Waals surface area (Å²) in [5, 5.41) is 8.13. The fourth-order valence-corrected chi connectivity index (χ4v) is 1.93. The van der Waals surface area contributed by atoms with Crippen LogP contribution in [-0.4, -0.2) is 18.5 Å². The van der Waals surface area contributed by atoms with Crippen LogP contribution in [0.2, 0.25) is 0 Å². The second kappa shape index (κ2) is 7.83. The molecule has 2 aromatic carbocycles. The van der Waals surface area contributed by atoms with Crippen molar-refractivity contribution in [1.29, 1.82) is 0 Å². The van der Waals surface area contributed by atoms with Gasteiger partial charge in [0.1, 0.15) is 0 Å². The zero-order valence-corrected chi connectivity index (χ0v) is 12.4. The third-order valence-electron chi connectivity index (χ3n) is 2.97. The standard InChI is InChI=1S/C17H19N3O2/c1-13-6-5-9-15(12-13)19-16(21)10-11-18-17(22)20-14-7-3-2-4-8-14/h2-9,12H,10-11H2,1H3,(H,19,21)(H2,18,20,22). The molecule has 0 atom stereocenters. The molecule has 0 bridgehead atoms. The van der Waals surface area contributed by atoms with Gasteiger partial charge in [0, 0.05) is 24.3 Å². The molecule has 3 amide bonds. The van der Waals surface area contributed by atoms with Crippen LogP contribution in [0.25, 0.3) is 0 Å². The Morgan fingerprint density at radius 1 is 0.909 bits per heavy atom. The van der Waals surface area contributed by atoms with Crippen LogP contribution in [0.5, 0.6) is 0 Å². The fourth-order valence-electron chi connectivity index (χ4n) is 1.93. The lowest BCUT2D eigenvalue weighted by Crippen LogP contribution is -2.31. The van der Waals surface area contributed by atoms with Crippen molar-refractivity contribution in [3.8, 4) is 0 Å². The first kappa shape index (κ1) is 15.6. The summed E-state index contributed by atoms with van der Waals surface area (Å²) >= 11 is 0. The van der Waals surface area contributed by atoms with Crippen LogP contribution in [0.15, 0.2) is 54.6 Å². The van der Waals surface area contributed by atoms with E-state index in [4.69, 9.17) is 0 Å². The van der Waals surface area contributed by atoms with E-state index in [0.29, 0.717) is 5.69 Å². The highest BCUT2D eigenvalue weighted by atomic mass is 16.2. The molecule has 0 spiro atoms. The third kappa shape index (κ3) is 5.28. The van der Waals surface area contributed by atoms with Gasteiger partial charge >= 0.3 is 6.03 Å². The number of benzene rings is 2. The molecule has 0 heterocycles. The molecule has 22 heavy (non-hydrogen) atoms. The van der Waals surface area contributed by atoms with E-state index >= 15 is 0 Å². The number of para-hydroxylation sites is 1. The molecule has 2 aromatic rings. The van der Waals surface area contributed by atoms with E-state index in [1.807, 2.05) is 49.4 Å². The Hall–Kier alpha value is -2.82. The van der Waals surface area contributed by atoms with Crippen LogP contribution >= 0.6 is 0 Å². The molecule has 5 heteroatoms. The number of aryl methyl sites for hydroxylation is 1. The minimum atomic E-state index is -0.324. The summed E-state index contributed by atoms with van der Waals surface area (Å²) in [6.07, 6.45) is 0.218. The topological polar surface area (TPSA) is 70.2 Å². The molecule has 0 unspecified atom stereocenters. The van der Waals surface area contributed by atoms with Crippen molar-refractivity contribution in [1.82, 2.24) is 5.32 Å². The van der Waals surface area contributed by atoms with Crippen LogP contribution in [-0.2, 0) is 4.79 Å². The van der Waals surface area contributed by atoms with Gasteiger partial charge < -0.3 is 16.0 Å². The van der Waals surface area contributed by atoms with E-state index in [1.165, 1.54) is 0 Å². The summed E-state index contributed by atoms with van der Waals surface area (Å²) < 4.78 is 0. The SMILES string of the molecule is Cc1cccc(NC(=O)CCNC(=O)Nc2ccccc2)c1.